The predicted octanol–water partition coefficient (Wildman–Crippen LogP) is 5.03. The van der Waals surface area contributed by atoms with Gasteiger partial charge in [0.1, 0.15) is 5.57 Å². The van der Waals surface area contributed by atoms with Crippen LogP contribution < -0.4 is 10.2 Å². The number of aromatic nitrogens is 1. The minimum Gasteiger partial charge on any atom is -0.318 e. The van der Waals surface area contributed by atoms with Gasteiger partial charge in [-0.3, -0.25) is 14.9 Å². The molecule has 7 heteroatoms. The number of barbiturate groups is 1. The van der Waals surface area contributed by atoms with Crippen LogP contribution in [0.4, 0.5) is 10.5 Å². The number of halogens is 1. The number of carbonyl (C=O) groups is 3. The third-order valence-corrected chi connectivity index (χ3v) is 5.67. The average molecular weight is 448 g/mol. The zero-order chi connectivity index (χ0) is 23.2. The lowest BCUT2D eigenvalue weighted by molar-refractivity contribution is -0.122. The van der Waals surface area contributed by atoms with Gasteiger partial charge in [0, 0.05) is 22.1 Å². The lowest BCUT2D eigenvalue weighted by Gasteiger charge is -2.26. The van der Waals surface area contributed by atoms with Crippen LogP contribution in [0, 0.1) is 27.7 Å². The maximum Gasteiger partial charge on any atom is 0.335 e. The molecule has 4 rings (SSSR count). The zero-order valence-corrected chi connectivity index (χ0v) is 18.9. The second-order valence-corrected chi connectivity index (χ2v) is 8.38. The Morgan fingerprint density at radius 3 is 2.09 bits per heavy atom. The van der Waals surface area contributed by atoms with E-state index in [9.17, 15) is 14.4 Å². The van der Waals surface area contributed by atoms with Gasteiger partial charge in [-0.1, -0.05) is 17.7 Å². The minimum atomic E-state index is -0.791. The molecular formula is C25H22ClN3O3. The Hall–Kier alpha value is -3.64. The summed E-state index contributed by atoms with van der Waals surface area (Å²) in [6.07, 6.45) is 1.54. The Morgan fingerprint density at radius 1 is 0.844 bits per heavy atom. The summed E-state index contributed by atoms with van der Waals surface area (Å²) >= 11 is 5.92. The Bertz CT molecular complexity index is 1280. The summed E-state index contributed by atoms with van der Waals surface area (Å²) in [4.78, 5) is 39.0. The number of aryl methyl sites for hydroxylation is 3. The van der Waals surface area contributed by atoms with Crippen LogP contribution in [0.25, 0.3) is 11.8 Å². The molecule has 1 fully saturated rings. The van der Waals surface area contributed by atoms with Crippen LogP contribution in [0.2, 0.25) is 5.02 Å². The molecule has 1 saturated heterocycles. The van der Waals surface area contributed by atoms with Crippen molar-refractivity contribution < 1.29 is 14.4 Å². The average Bonchev–Trinajstić information content (AvgIpc) is 2.98. The van der Waals surface area contributed by atoms with E-state index in [2.05, 4.69) is 28.1 Å². The van der Waals surface area contributed by atoms with Crippen molar-refractivity contribution in [3.63, 3.8) is 0 Å². The predicted molar refractivity (Wildman–Crippen MR) is 125 cm³/mol. The van der Waals surface area contributed by atoms with E-state index in [1.165, 1.54) is 6.08 Å². The van der Waals surface area contributed by atoms with Crippen LogP contribution in [-0.4, -0.2) is 22.4 Å². The number of benzene rings is 2. The maximum absolute atomic E-state index is 13.1. The van der Waals surface area contributed by atoms with Crippen molar-refractivity contribution in [1.29, 1.82) is 0 Å². The molecule has 1 aliphatic heterocycles. The highest BCUT2D eigenvalue weighted by Gasteiger charge is 2.37. The van der Waals surface area contributed by atoms with Crippen LogP contribution in [-0.2, 0) is 9.59 Å². The molecule has 2 heterocycles. The summed E-state index contributed by atoms with van der Waals surface area (Å²) in [6.45, 7) is 7.99. The van der Waals surface area contributed by atoms with E-state index in [1.54, 1.807) is 24.3 Å². The molecule has 0 radical (unpaired) electrons. The molecule has 32 heavy (non-hydrogen) atoms. The van der Waals surface area contributed by atoms with Crippen molar-refractivity contribution in [3.8, 4) is 5.69 Å². The maximum atomic E-state index is 13.1. The van der Waals surface area contributed by atoms with Crippen molar-refractivity contribution in [2.75, 3.05) is 4.90 Å². The number of hydrogen-bond donors (Lipinski definition) is 1. The molecule has 0 bridgehead atoms. The standard InChI is InChI=1S/C25H22ClN3O3/c1-14-9-15(2)11-21(10-14)28-16(3)12-18(17(28)4)13-22-23(30)27-25(32)29(24(22)31)20-7-5-19(26)6-8-20/h5-13H,1-4H3,(H,27,30,32). The molecule has 6 nitrogen and oxygen atoms in total. The summed E-state index contributed by atoms with van der Waals surface area (Å²) in [5.41, 5.74) is 6.10. The first-order valence-corrected chi connectivity index (χ1v) is 10.5. The number of urea groups is 1. The Morgan fingerprint density at radius 2 is 1.47 bits per heavy atom. The molecule has 0 saturated carbocycles. The van der Waals surface area contributed by atoms with Crippen molar-refractivity contribution >= 4 is 41.2 Å². The number of hydrogen-bond acceptors (Lipinski definition) is 3. The second kappa shape index (κ2) is 8.13. The van der Waals surface area contributed by atoms with Gasteiger partial charge in [-0.25, -0.2) is 9.69 Å². The molecule has 3 aromatic rings. The first-order chi connectivity index (χ1) is 15.2. The van der Waals surface area contributed by atoms with Crippen LogP contribution in [0.15, 0.2) is 54.1 Å². The highest BCUT2D eigenvalue weighted by atomic mass is 35.5. The number of anilines is 1. The van der Waals surface area contributed by atoms with E-state index < -0.39 is 17.8 Å². The van der Waals surface area contributed by atoms with E-state index >= 15 is 0 Å². The first-order valence-electron chi connectivity index (χ1n) is 10.1. The Balaban J connectivity index is 1.77. The molecule has 1 N–H and O–H groups in total. The largest absolute Gasteiger partial charge is 0.335 e. The summed E-state index contributed by atoms with van der Waals surface area (Å²) in [7, 11) is 0. The van der Waals surface area contributed by atoms with E-state index in [1.807, 2.05) is 33.8 Å². The second-order valence-electron chi connectivity index (χ2n) is 7.94. The molecule has 0 aliphatic carbocycles. The molecular weight excluding hydrogens is 426 g/mol. The van der Waals surface area contributed by atoms with Gasteiger partial charge in [0.05, 0.1) is 5.69 Å². The molecule has 4 amide bonds. The Labute approximate surface area is 191 Å². The van der Waals surface area contributed by atoms with Gasteiger partial charge < -0.3 is 4.57 Å². The van der Waals surface area contributed by atoms with E-state index in [4.69, 9.17) is 11.6 Å². The summed E-state index contributed by atoms with van der Waals surface area (Å²) in [5.74, 6) is -1.40. The first kappa shape index (κ1) is 21.6. The number of nitrogens with zero attached hydrogens (tertiary/aromatic N) is 2. The van der Waals surface area contributed by atoms with Crippen LogP contribution in [0.1, 0.15) is 28.1 Å². The Kier molecular flexibility index (Phi) is 5.48. The summed E-state index contributed by atoms with van der Waals surface area (Å²) in [5, 5.41) is 2.73. The number of nitrogens with one attached hydrogen (secondary N) is 1. The minimum absolute atomic E-state index is 0.111. The van der Waals surface area contributed by atoms with E-state index in [0.717, 1.165) is 38.7 Å². The topological polar surface area (TPSA) is 71.4 Å². The van der Waals surface area contributed by atoms with Gasteiger partial charge >= 0.3 is 6.03 Å². The smallest absolute Gasteiger partial charge is 0.318 e. The van der Waals surface area contributed by atoms with Crippen molar-refractivity contribution in [2.24, 2.45) is 0 Å². The summed E-state index contributed by atoms with van der Waals surface area (Å²) in [6, 6.07) is 13.7. The number of rotatable bonds is 3. The van der Waals surface area contributed by atoms with Crippen LogP contribution in [0.5, 0.6) is 0 Å². The fourth-order valence-corrected chi connectivity index (χ4v) is 4.17. The van der Waals surface area contributed by atoms with Gasteiger partial charge in [0.2, 0.25) is 0 Å². The molecule has 0 spiro atoms. The number of carbonyl (C=O) groups excluding carboxylic acids is 3. The van der Waals surface area contributed by atoms with Gasteiger partial charge in [0.15, 0.2) is 0 Å². The molecule has 0 unspecified atom stereocenters. The van der Waals surface area contributed by atoms with Gasteiger partial charge in [-0.15, -0.1) is 0 Å². The SMILES string of the molecule is Cc1cc(C)cc(-n2c(C)cc(C=C3C(=O)NC(=O)N(c4ccc(Cl)cc4)C3=O)c2C)c1. The molecule has 162 valence electrons. The van der Waals surface area contributed by atoms with Gasteiger partial charge in [-0.05, 0) is 92.9 Å². The fraction of sp³-hybridized carbons (Fsp3) is 0.160. The van der Waals surface area contributed by atoms with Crippen molar-refractivity contribution in [1.82, 2.24) is 9.88 Å². The fourth-order valence-electron chi connectivity index (χ4n) is 4.05. The van der Waals surface area contributed by atoms with E-state index in [-0.39, 0.29) is 5.57 Å². The quantitative estimate of drug-likeness (QED) is 0.452. The lowest BCUT2D eigenvalue weighted by Crippen LogP contribution is -2.54. The highest BCUT2D eigenvalue weighted by Crippen LogP contribution is 2.27. The monoisotopic (exact) mass is 447 g/mol. The van der Waals surface area contributed by atoms with Gasteiger partial charge in [0.25, 0.3) is 11.8 Å². The molecule has 1 aliphatic rings. The lowest BCUT2D eigenvalue weighted by atomic mass is 10.1. The van der Waals surface area contributed by atoms with Crippen molar-refractivity contribution in [2.45, 2.75) is 27.7 Å². The molecule has 1 aromatic heterocycles. The highest BCUT2D eigenvalue weighted by molar-refractivity contribution is 6.39. The normalized spacial score (nSPS) is 15.5. The van der Waals surface area contributed by atoms with Crippen LogP contribution in [0.3, 0.4) is 0 Å². The van der Waals surface area contributed by atoms with E-state index in [0.29, 0.717) is 10.7 Å². The third-order valence-electron chi connectivity index (χ3n) is 5.42. The summed E-state index contributed by atoms with van der Waals surface area (Å²) < 4.78 is 2.08. The third kappa shape index (κ3) is 3.85. The zero-order valence-electron chi connectivity index (χ0n) is 18.2. The molecule has 0 atom stereocenters. The number of imide groups is 2. The number of amides is 4. The van der Waals surface area contributed by atoms with Crippen molar-refractivity contribution in [3.05, 3.63) is 87.2 Å². The molecule has 2 aromatic carbocycles. The van der Waals surface area contributed by atoms with Crippen LogP contribution >= 0.6 is 11.6 Å². The van der Waals surface area contributed by atoms with Gasteiger partial charge in [-0.2, -0.15) is 0 Å².